The number of aliphatic hydroxyl groups is 2. The van der Waals surface area contributed by atoms with Crippen molar-refractivity contribution in [3.05, 3.63) is 0 Å². The van der Waals surface area contributed by atoms with Crippen molar-refractivity contribution in [1.29, 1.82) is 0 Å². The standard InChI is InChI=1S/C16H28O2/c17-15(16(18)12-4-2-1-3-5-12)10-14-9-11-6-7-13(14)8-11/h11-18H,1-10H2. The molecule has 18 heavy (non-hydrogen) atoms. The van der Waals surface area contributed by atoms with Crippen molar-refractivity contribution in [3.63, 3.8) is 0 Å². The Morgan fingerprint density at radius 2 is 1.67 bits per heavy atom. The quantitative estimate of drug-likeness (QED) is 0.807. The van der Waals surface area contributed by atoms with Gasteiger partial charge >= 0.3 is 0 Å². The highest BCUT2D eigenvalue weighted by molar-refractivity contribution is 4.92. The summed E-state index contributed by atoms with van der Waals surface area (Å²) in [6, 6.07) is 0. The van der Waals surface area contributed by atoms with Gasteiger partial charge in [-0.05, 0) is 62.2 Å². The van der Waals surface area contributed by atoms with E-state index in [1.807, 2.05) is 0 Å². The monoisotopic (exact) mass is 252 g/mol. The minimum absolute atomic E-state index is 0.368. The average molecular weight is 252 g/mol. The van der Waals surface area contributed by atoms with Gasteiger partial charge in [-0.2, -0.15) is 0 Å². The lowest BCUT2D eigenvalue weighted by atomic mass is 9.79. The molecule has 0 spiro atoms. The van der Waals surface area contributed by atoms with Crippen molar-refractivity contribution in [2.45, 2.75) is 76.4 Å². The predicted molar refractivity (Wildman–Crippen MR) is 72.1 cm³/mol. The van der Waals surface area contributed by atoms with Crippen molar-refractivity contribution >= 4 is 0 Å². The molecule has 3 aliphatic carbocycles. The molecule has 5 unspecified atom stereocenters. The zero-order chi connectivity index (χ0) is 12.5. The maximum absolute atomic E-state index is 10.3. The van der Waals surface area contributed by atoms with E-state index < -0.39 is 12.2 Å². The zero-order valence-electron chi connectivity index (χ0n) is 11.4. The van der Waals surface area contributed by atoms with Crippen LogP contribution in [0.4, 0.5) is 0 Å². The van der Waals surface area contributed by atoms with Crippen LogP contribution in [0, 0.1) is 23.7 Å². The SMILES string of the molecule is OC(CC1CC2CCC1C2)C(O)C1CCCCC1. The highest BCUT2D eigenvalue weighted by atomic mass is 16.3. The molecule has 3 rings (SSSR count). The lowest BCUT2D eigenvalue weighted by Crippen LogP contribution is -2.36. The molecule has 0 heterocycles. The largest absolute Gasteiger partial charge is 0.390 e. The Labute approximate surface area is 111 Å². The van der Waals surface area contributed by atoms with Crippen LogP contribution < -0.4 is 0 Å². The van der Waals surface area contributed by atoms with Crippen LogP contribution in [0.5, 0.6) is 0 Å². The minimum Gasteiger partial charge on any atom is -0.390 e. The van der Waals surface area contributed by atoms with E-state index in [1.165, 1.54) is 44.9 Å². The third kappa shape index (κ3) is 2.60. The molecule has 0 saturated heterocycles. The molecule has 5 atom stereocenters. The Morgan fingerprint density at radius 3 is 2.28 bits per heavy atom. The van der Waals surface area contributed by atoms with Crippen molar-refractivity contribution in [1.82, 2.24) is 0 Å². The van der Waals surface area contributed by atoms with E-state index in [0.717, 1.165) is 31.1 Å². The van der Waals surface area contributed by atoms with E-state index in [1.54, 1.807) is 0 Å². The first kappa shape index (κ1) is 12.9. The van der Waals surface area contributed by atoms with E-state index in [0.29, 0.717) is 11.8 Å². The van der Waals surface area contributed by atoms with Crippen LogP contribution in [-0.4, -0.2) is 22.4 Å². The number of aliphatic hydroxyl groups excluding tert-OH is 2. The first-order chi connectivity index (χ1) is 8.74. The fourth-order valence-corrected chi connectivity index (χ4v) is 4.90. The summed E-state index contributed by atoms with van der Waals surface area (Å²) < 4.78 is 0. The molecule has 3 aliphatic rings. The van der Waals surface area contributed by atoms with Gasteiger partial charge in [-0.3, -0.25) is 0 Å². The predicted octanol–water partition coefficient (Wildman–Crippen LogP) is 3.11. The van der Waals surface area contributed by atoms with Gasteiger partial charge in [0.1, 0.15) is 0 Å². The van der Waals surface area contributed by atoms with Crippen LogP contribution in [0.3, 0.4) is 0 Å². The molecule has 2 N–H and O–H groups in total. The summed E-state index contributed by atoms with van der Waals surface area (Å²) in [5.41, 5.74) is 0. The van der Waals surface area contributed by atoms with Crippen LogP contribution in [-0.2, 0) is 0 Å². The molecule has 2 heteroatoms. The fraction of sp³-hybridized carbons (Fsp3) is 1.00. The second-order valence-corrected chi connectivity index (χ2v) is 7.13. The smallest absolute Gasteiger partial charge is 0.0827 e. The number of rotatable bonds is 4. The molecule has 0 amide bonds. The molecular formula is C16H28O2. The van der Waals surface area contributed by atoms with Gasteiger partial charge in [0.05, 0.1) is 12.2 Å². The normalized spacial score (nSPS) is 40.0. The van der Waals surface area contributed by atoms with Gasteiger partial charge in [0.2, 0.25) is 0 Å². The second-order valence-electron chi connectivity index (χ2n) is 7.13. The Morgan fingerprint density at radius 1 is 0.889 bits per heavy atom. The molecule has 104 valence electrons. The summed E-state index contributed by atoms with van der Waals surface area (Å²) in [5, 5.41) is 20.6. The molecule has 0 radical (unpaired) electrons. The Bertz CT molecular complexity index is 272. The van der Waals surface area contributed by atoms with Crippen molar-refractivity contribution < 1.29 is 10.2 Å². The Balaban J connectivity index is 1.49. The molecule has 3 saturated carbocycles. The summed E-state index contributed by atoms with van der Waals surface area (Å²) in [6.07, 6.45) is 11.5. The molecule has 2 nitrogen and oxygen atoms in total. The maximum atomic E-state index is 10.3. The summed E-state index contributed by atoms with van der Waals surface area (Å²) in [4.78, 5) is 0. The number of hydrogen-bond donors (Lipinski definition) is 2. The van der Waals surface area contributed by atoms with E-state index in [-0.39, 0.29) is 0 Å². The van der Waals surface area contributed by atoms with Crippen molar-refractivity contribution in [3.8, 4) is 0 Å². The van der Waals surface area contributed by atoms with Crippen molar-refractivity contribution in [2.24, 2.45) is 23.7 Å². The average Bonchev–Trinajstić information content (AvgIpc) is 3.01. The van der Waals surface area contributed by atoms with Crippen LogP contribution >= 0.6 is 0 Å². The van der Waals surface area contributed by atoms with E-state index in [2.05, 4.69) is 0 Å². The summed E-state index contributed by atoms with van der Waals surface area (Å²) in [7, 11) is 0. The minimum atomic E-state index is -0.461. The third-order valence-corrected chi connectivity index (χ3v) is 5.96. The first-order valence-electron chi connectivity index (χ1n) is 8.10. The van der Waals surface area contributed by atoms with Gasteiger partial charge in [0, 0.05) is 0 Å². The van der Waals surface area contributed by atoms with Crippen LogP contribution in [0.15, 0.2) is 0 Å². The van der Waals surface area contributed by atoms with Gasteiger partial charge < -0.3 is 10.2 Å². The van der Waals surface area contributed by atoms with Crippen molar-refractivity contribution in [2.75, 3.05) is 0 Å². The summed E-state index contributed by atoms with van der Waals surface area (Å²) in [5.74, 6) is 2.88. The maximum Gasteiger partial charge on any atom is 0.0827 e. The van der Waals surface area contributed by atoms with Gasteiger partial charge in [-0.15, -0.1) is 0 Å². The van der Waals surface area contributed by atoms with Gasteiger partial charge in [-0.25, -0.2) is 0 Å². The molecule has 2 bridgehead atoms. The lowest BCUT2D eigenvalue weighted by Gasteiger charge is -2.32. The zero-order valence-corrected chi connectivity index (χ0v) is 11.4. The van der Waals surface area contributed by atoms with E-state index in [9.17, 15) is 10.2 Å². The summed E-state index contributed by atoms with van der Waals surface area (Å²) >= 11 is 0. The molecule has 0 aliphatic heterocycles. The van der Waals surface area contributed by atoms with Gasteiger partial charge in [-0.1, -0.05) is 25.7 Å². The summed E-state index contributed by atoms with van der Waals surface area (Å²) in [6.45, 7) is 0. The van der Waals surface area contributed by atoms with E-state index in [4.69, 9.17) is 0 Å². The fourth-order valence-electron chi connectivity index (χ4n) is 4.90. The Kier molecular flexibility index (Phi) is 3.95. The first-order valence-corrected chi connectivity index (χ1v) is 8.10. The van der Waals surface area contributed by atoms with Gasteiger partial charge in [0.25, 0.3) is 0 Å². The highest BCUT2D eigenvalue weighted by Gasteiger charge is 2.41. The molecule has 0 aromatic carbocycles. The third-order valence-electron chi connectivity index (χ3n) is 5.96. The number of hydrogen-bond acceptors (Lipinski definition) is 2. The molecule has 0 aromatic rings. The molecular weight excluding hydrogens is 224 g/mol. The topological polar surface area (TPSA) is 40.5 Å². The second kappa shape index (κ2) is 5.50. The van der Waals surface area contributed by atoms with Crippen LogP contribution in [0.2, 0.25) is 0 Å². The highest BCUT2D eigenvalue weighted by Crippen LogP contribution is 2.50. The van der Waals surface area contributed by atoms with Crippen LogP contribution in [0.25, 0.3) is 0 Å². The Hall–Kier alpha value is -0.0800. The number of fused-ring (bicyclic) bond motifs is 2. The molecule has 3 fully saturated rings. The lowest BCUT2D eigenvalue weighted by molar-refractivity contribution is -0.0407. The van der Waals surface area contributed by atoms with Gasteiger partial charge in [0.15, 0.2) is 0 Å². The van der Waals surface area contributed by atoms with E-state index >= 15 is 0 Å². The van der Waals surface area contributed by atoms with Crippen LogP contribution in [0.1, 0.15) is 64.2 Å². The molecule has 0 aromatic heterocycles.